The molecule has 1 aromatic heterocycles. The monoisotopic (exact) mass is 426 g/mol. The van der Waals surface area contributed by atoms with Crippen LogP contribution in [0.2, 0.25) is 5.02 Å². The number of nitrogens with zero attached hydrogens (tertiary/aromatic N) is 2. The Hall–Kier alpha value is -2.11. The van der Waals surface area contributed by atoms with Crippen LogP contribution in [0.15, 0.2) is 36.5 Å². The average molecular weight is 427 g/mol. The van der Waals surface area contributed by atoms with E-state index in [1.807, 2.05) is 25.1 Å². The molecule has 1 saturated heterocycles. The van der Waals surface area contributed by atoms with Gasteiger partial charge in [0.2, 0.25) is 0 Å². The number of hydrogen-bond acceptors (Lipinski definition) is 4. The number of carbonyl (C=O) groups is 1. The molecule has 6 heteroatoms. The summed E-state index contributed by atoms with van der Waals surface area (Å²) >= 11 is 5.88. The van der Waals surface area contributed by atoms with Gasteiger partial charge in [0.05, 0.1) is 10.6 Å². The minimum atomic E-state index is -0.163. The van der Waals surface area contributed by atoms with Crippen LogP contribution in [0.25, 0.3) is 0 Å². The van der Waals surface area contributed by atoms with Crippen LogP contribution < -0.4 is 10.6 Å². The molecule has 1 aromatic carbocycles. The molecular weight excluding hydrogens is 396 g/mol. The van der Waals surface area contributed by atoms with Gasteiger partial charge in [-0.1, -0.05) is 23.2 Å². The highest BCUT2D eigenvalue weighted by Crippen LogP contribution is 2.36. The van der Waals surface area contributed by atoms with E-state index in [0.29, 0.717) is 22.3 Å². The lowest BCUT2D eigenvalue weighted by Crippen LogP contribution is -2.42. The molecule has 2 N–H and O–H groups in total. The van der Waals surface area contributed by atoms with Crippen molar-refractivity contribution in [2.24, 2.45) is 11.8 Å². The number of piperidine rings is 1. The smallest absolute Gasteiger partial charge is 0.258 e. The first kappa shape index (κ1) is 21.1. The lowest BCUT2D eigenvalue weighted by Gasteiger charge is -2.36. The normalized spacial score (nSPS) is 18.8. The minimum absolute atomic E-state index is 0.163. The number of carbonyl (C=O) groups excluding carboxylic acids is 1. The molecule has 2 aromatic rings. The van der Waals surface area contributed by atoms with Crippen molar-refractivity contribution in [2.45, 2.75) is 45.6 Å². The van der Waals surface area contributed by atoms with Gasteiger partial charge in [-0.2, -0.15) is 0 Å². The number of likely N-dealkylation sites (tertiary alicyclic amines) is 1. The van der Waals surface area contributed by atoms with E-state index in [4.69, 9.17) is 11.6 Å². The zero-order valence-electron chi connectivity index (χ0n) is 17.8. The van der Waals surface area contributed by atoms with E-state index in [-0.39, 0.29) is 5.91 Å². The number of aryl methyl sites for hydroxylation is 1. The summed E-state index contributed by atoms with van der Waals surface area (Å²) in [6.45, 7) is 7.66. The van der Waals surface area contributed by atoms with Gasteiger partial charge in [0.15, 0.2) is 0 Å². The Labute approximate surface area is 184 Å². The Morgan fingerprint density at radius 2 is 1.97 bits per heavy atom. The quantitative estimate of drug-likeness (QED) is 0.637. The molecule has 2 fully saturated rings. The summed E-state index contributed by atoms with van der Waals surface area (Å²) in [4.78, 5) is 19.7. The molecule has 2 aliphatic rings. The van der Waals surface area contributed by atoms with Crippen LogP contribution in [0.4, 0.5) is 11.5 Å². The molecule has 0 radical (unpaired) electrons. The lowest BCUT2D eigenvalue weighted by atomic mass is 9.95. The Kier molecular flexibility index (Phi) is 6.59. The predicted octanol–water partition coefficient (Wildman–Crippen LogP) is 5.22. The van der Waals surface area contributed by atoms with E-state index in [9.17, 15) is 4.79 Å². The van der Waals surface area contributed by atoms with Gasteiger partial charge in [0.25, 0.3) is 5.91 Å². The average Bonchev–Trinajstić information content (AvgIpc) is 3.60. The molecule has 1 saturated carbocycles. The van der Waals surface area contributed by atoms with Crippen molar-refractivity contribution in [3.63, 3.8) is 0 Å². The van der Waals surface area contributed by atoms with Crippen LogP contribution in [-0.4, -0.2) is 41.5 Å². The van der Waals surface area contributed by atoms with Crippen LogP contribution in [0.3, 0.4) is 0 Å². The third-order valence-corrected chi connectivity index (χ3v) is 6.72. The standard InChI is InChI=1S/C24H31ClN4O/c1-16-3-7-22(21(13-16)24(30)28-23-8-6-20(25)15-27-23)26-14-18-9-11-29(12-10-18)17(2)19-4-5-19/h3,6-8,13,15,17-19,26H,4-5,9-12,14H2,1-2H3,(H,27,28,30). The van der Waals surface area contributed by atoms with E-state index in [1.165, 1.54) is 45.0 Å². The van der Waals surface area contributed by atoms with Gasteiger partial charge in [0.1, 0.15) is 5.82 Å². The topological polar surface area (TPSA) is 57.3 Å². The second-order valence-electron chi connectivity index (χ2n) is 8.80. The summed E-state index contributed by atoms with van der Waals surface area (Å²) in [6, 6.07) is 10.1. The summed E-state index contributed by atoms with van der Waals surface area (Å²) in [5.41, 5.74) is 2.57. The molecule has 0 bridgehead atoms. The summed E-state index contributed by atoms with van der Waals surface area (Å²) in [5, 5.41) is 6.96. The number of hydrogen-bond donors (Lipinski definition) is 2. The van der Waals surface area contributed by atoms with Crippen LogP contribution in [0.5, 0.6) is 0 Å². The fraction of sp³-hybridized carbons (Fsp3) is 0.500. The molecule has 1 unspecified atom stereocenters. The number of halogens is 1. The highest BCUT2D eigenvalue weighted by molar-refractivity contribution is 6.30. The summed E-state index contributed by atoms with van der Waals surface area (Å²) < 4.78 is 0. The maximum absolute atomic E-state index is 12.9. The van der Waals surface area contributed by atoms with Gasteiger partial charge in [-0.25, -0.2) is 4.98 Å². The molecule has 1 amide bonds. The molecule has 4 rings (SSSR count). The largest absolute Gasteiger partial charge is 0.384 e. The van der Waals surface area contributed by atoms with Crippen molar-refractivity contribution < 1.29 is 4.79 Å². The molecule has 5 nitrogen and oxygen atoms in total. The number of benzene rings is 1. The van der Waals surface area contributed by atoms with E-state index in [1.54, 1.807) is 12.1 Å². The minimum Gasteiger partial charge on any atom is -0.384 e. The molecular formula is C24H31ClN4O. The molecule has 160 valence electrons. The third kappa shape index (κ3) is 5.32. The number of amides is 1. The molecule has 1 atom stereocenters. The number of anilines is 2. The Bertz CT molecular complexity index is 873. The first-order valence-electron chi connectivity index (χ1n) is 11.0. The van der Waals surface area contributed by atoms with Crippen LogP contribution in [0.1, 0.15) is 48.5 Å². The Morgan fingerprint density at radius 1 is 1.20 bits per heavy atom. The predicted molar refractivity (Wildman–Crippen MR) is 123 cm³/mol. The first-order valence-corrected chi connectivity index (χ1v) is 11.4. The highest BCUT2D eigenvalue weighted by Gasteiger charge is 2.33. The van der Waals surface area contributed by atoms with Gasteiger partial charge in [-0.15, -0.1) is 0 Å². The molecule has 2 heterocycles. The van der Waals surface area contributed by atoms with Crippen molar-refractivity contribution in [1.29, 1.82) is 0 Å². The van der Waals surface area contributed by atoms with Crippen molar-refractivity contribution in [3.05, 3.63) is 52.7 Å². The molecule has 1 aliphatic heterocycles. The van der Waals surface area contributed by atoms with Crippen LogP contribution >= 0.6 is 11.6 Å². The van der Waals surface area contributed by atoms with Gasteiger partial charge in [-0.05, 0) is 88.7 Å². The maximum Gasteiger partial charge on any atom is 0.258 e. The first-order chi connectivity index (χ1) is 14.5. The summed E-state index contributed by atoms with van der Waals surface area (Å²) in [7, 11) is 0. The van der Waals surface area contributed by atoms with Crippen molar-refractivity contribution >= 4 is 29.0 Å². The van der Waals surface area contributed by atoms with E-state index < -0.39 is 0 Å². The zero-order chi connectivity index (χ0) is 21.1. The zero-order valence-corrected chi connectivity index (χ0v) is 18.6. The number of aromatic nitrogens is 1. The third-order valence-electron chi connectivity index (χ3n) is 6.50. The SMILES string of the molecule is Cc1ccc(NCC2CCN(C(C)C3CC3)CC2)c(C(=O)Nc2ccc(Cl)cn2)c1. The fourth-order valence-electron chi connectivity index (χ4n) is 4.33. The van der Waals surface area contributed by atoms with Crippen molar-refractivity contribution in [1.82, 2.24) is 9.88 Å². The highest BCUT2D eigenvalue weighted by atomic mass is 35.5. The van der Waals surface area contributed by atoms with Gasteiger partial charge in [-0.3, -0.25) is 4.79 Å². The number of nitrogens with one attached hydrogen (secondary N) is 2. The van der Waals surface area contributed by atoms with E-state index in [2.05, 4.69) is 27.4 Å². The fourth-order valence-corrected chi connectivity index (χ4v) is 4.44. The number of pyridine rings is 1. The summed E-state index contributed by atoms with van der Waals surface area (Å²) in [5.74, 6) is 1.91. The summed E-state index contributed by atoms with van der Waals surface area (Å²) in [6.07, 6.45) is 6.78. The second-order valence-corrected chi connectivity index (χ2v) is 9.24. The Morgan fingerprint density at radius 3 is 2.63 bits per heavy atom. The number of rotatable bonds is 7. The van der Waals surface area contributed by atoms with E-state index >= 15 is 0 Å². The molecule has 30 heavy (non-hydrogen) atoms. The molecule has 0 spiro atoms. The molecule has 1 aliphatic carbocycles. The van der Waals surface area contributed by atoms with Crippen LogP contribution in [-0.2, 0) is 0 Å². The maximum atomic E-state index is 12.9. The van der Waals surface area contributed by atoms with E-state index in [0.717, 1.165) is 29.8 Å². The van der Waals surface area contributed by atoms with Gasteiger partial charge >= 0.3 is 0 Å². The van der Waals surface area contributed by atoms with Crippen molar-refractivity contribution in [3.8, 4) is 0 Å². The lowest BCUT2D eigenvalue weighted by molar-refractivity contribution is 0.102. The van der Waals surface area contributed by atoms with Crippen LogP contribution in [0, 0.1) is 18.8 Å². The van der Waals surface area contributed by atoms with Gasteiger partial charge in [0, 0.05) is 24.5 Å². The van der Waals surface area contributed by atoms with Gasteiger partial charge < -0.3 is 15.5 Å². The second kappa shape index (κ2) is 9.36. The Balaban J connectivity index is 1.35. The van der Waals surface area contributed by atoms with Crippen molar-refractivity contribution in [2.75, 3.05) is 30.3 Å².